The van der Waals surface area contributed by atoms with Gasteiger partial charge in [0.1, 0.15) is 0 Å². The quantitative estimate of drug-likeness (QED) is 0.721. The molecule has 0 aromatic carbocycles. The maximum Gasteiger partial charge on any atom is 0.254 e. The highest BCUT2D eigenvalue weighted by Gasteiger charge is 2.10. The van der Waals surface area contributed by atoms with E-state index in [0.29, 0.717) is 5.78 Å². The first-order valence-electron chi connectivity index (χ1n) is 4.16. The van der Waals surface area contributed by atoms with Crippen LogP contribution in [-0.2, 0) is 0 Å². The third-order valence-corrected chi connectivity index (χ3v) is 2.04. The molecule has 0 saturated carbocycles. The van der Waals surface area contributed by atoms with Crippen LogP contribution >= 0.6 is 0 Å². The molecule has 0 radical (unpaired) electrons. The minimum absolute atomic E-state index is 0.180. The number of nitrogens with zero attached hydrogens (tertiary/aromatic N) is 4. The largest absolute Gasteiger partial charge is 0.311 e. The van der Waals surface area contributed by atoms with Crippen LogP contribution in [0.3, 0.4) is 0 Å². The Morgan fingerprint density at radius 2 is 2.31 bits per heavy atom. The summed E-state index contributed by atoms with van der Waals surface area (Å²) in [6, 6.07) is 2.04. The Morgan fingerprint density at radius 3 is 3.08 bits per heavy atom. The van der Waals surface area contributed by atoms with Gasteiger partial charge in [-0.05, 0) is 20.0 Å². The summed E-state index contributed by atoms with van der Waals surface area (Å²) in [5.41, 5.74) is 0. The number of hydrogen-bond donors (Lipinski definition) is 1. The van der Waals surface area contributed by atoms with Crippen molar-refractivity contribution in [3.05, 3.63) is 24.3 Å². The summed E-state index contributed by atoms with van der Waals surface area (Å²) in [7, 11) is 1.89. The first-order chi connectivity index (χ1) is 6.33. The molecule has 5 nitrogen and oxygen atoms in total. The summed E-state index contributed by atoms with van der Waals surface area (Å²) >= 11 is 0. The van der Waals surface area contributed by atoms with Gasteiger partial charge >= 0.3 is 0 Å². The van der Waals surface area contributed by atoms with E-state index in [2.05, 4.69) is 20.5 Å². The van der Waals surface area contributed by atoms with E-state index >= 15 is 0 Å². The number of nitrogens with one attached hydrogen (secondary N) is 1. The molecule has 2 aromatic rings. The van der Waals surface area contributed by atoms with Gasteiger partial charge in [0.05, 0.1) is 6.04 Å². The Balaban J connectivity index is 2.57. The van der Waals surface area contributed by atoms with Gasteiger partial charge < -0.3 is 5.32 Å². The second-order valence-electron chi connectivity index (χ2n) is 2.86. The molecule has 0 aliphatic heterocycles. The average molecular weight is 177 g/mol. The zero-order valence-electron chi connectivity index (χ0n) is 7.60. The van der Waals surface area contributed by atoms with Crippen LogP contribution in [0.5, 0.6) is 0 Å². The van der Waals surface area contributed by atoms with Gasteiger partial charge in [-0.25, -0.2) is 4.98 Å². The molecule has 0 fully saturated rings. The van der Waals surface area contributed by atoms with Crippen LogP contribution in [0.25, 0.3) is 5.78 Å². The lowest BCUT2D eigenvalue weighted by Gasteiger charge is -2.06. The number of hydrogen-bond acceptors (Lipinski definition) is 4. The minimum Gasteiger partial charge on any atom is -0.311 e. The molecule has 5 heteroatoms. The summed E-state index contributed by atoms with van der Waals surface area (Å²) in [6.45, 7) is 2.03. The number of fused-ring (bicyclic) bond motifs is 1. The van der Waals surface area contributed by atoms with Crippen molar-refractivity contribution in [2.45, 2.75) is 13.0 Å². The molecule has 1 atom stereocenters. The van der Waals surface area contributed by atoms with Crippen molar-refractivity contribution in [2.24, 2.45) is 0 Å². The van der Waals surface area contributed by atoms with Gasteiger partial charge in [0.15, 0.2) is 5.82 Å². The van der Waals surface area contributed by atoms with Crippen LogP contribution in [0, 0.1) is 0 Å². The lowest BCUT2D eigenvalue weighted by atomic mass is 10.3. The standard InChI is InChI=1S/C8H11N5/c1-6(9-2)7-11-12-8-10-4-3-5-13(7)8/h3-6,9H,1-2H3. The van der Waals surface area contributed by atoms with Crippen molar-refractivity contribution in [3.63, 3.8) is 0 Å². The molecule has 2 heterocycles. The summed E-state index contributed by atoms with van der Waals surface area (Å²) in [6.07, 6.45) is 3.61. The number of rotatable bonds is 2. The first-order valence-corrected chi connectivity index (χ1v) is 4.16. The fourth-order valence-electron chi connectivity index (χ4n) is 1.18. The Labute approximate surface area is 75.8 Å². The lowest BCUT2D eigenvalue weighted by Crippen LogP contribution is -2.15. The summed E-state index contributed by atoms with van der Waals surface area (Å²) in [5.74, 6) is 1.52. The zero-order valence-corrected chi connectivity index (χ0v) is 7.60. The van der Waals surface area contributed by atoms with Gasteiger partial charge in [-0.3, -0.25) is 4.40 Å². The highest BCUT2D eigenvalue weighted by molar-refractivity contribution is 5.26. The van der Waals surface area contributed by atoms with Crippen LogP contribution in [0.2, 0.25) is 0 Å². The molecular formula is C8H11N5. The normalized spacial score (nSPS) is 13.4. The predicted molar refractivity (Wildman–Crippen MR) is 48.3 cm³/mol. The maximum atomic E-state index is 4.08. The highest BCUT2D eigenvalue weighted by Crippen LogP contribution is 2.08. The fraction of sp³-hybridized carbons (Fsp3) is 0.375. The Bertz CT molecular complexity index is 408. The molecule has 0 spiro atoms. The number of aromatic nitrogens is 4. The van der Waals surface area contributed by atoms with E-state index in [-0.39, 0.29) is 6.04 Å². The van der Waals surface area contributed by atoms with Crippen LogP contribution in [0.4, 0.5) is 0 Å². The Hall–Kier alpha value is -1.49. The molecule has 0 aliphatic rings. The molecule has 13 heavy (non-hydrogen) atoms. The molecule has 68 valence electrons. The molecule has 0 bridgehead atoms. The second-order valence-corrected chi connectivity index (χ2v) is 2.86. The fourth-order valence-corrected chi connectivity index (χ4v) is 1.18. The van der Waals surface area contributed by atoms with E-state index in [1.54, 1.807) is 6.20 Å². The van der Waals surface area contributed by atoms with E-state index in [1.807, 2.05) is 30.6 Å². The molecule has 0 saturated heterocycles. The van der Waals surface area contributed by atoms with E-state index in [4.69, 9.17) is 0 Å². The first kappa shape index (κ1) is 8.12. The topological polar surface area (TPSA) is 55.1 Å². The van der Waals surface area contributed by atoms with Gasteiger partial charge in [-0.1, -0.05) is 0 Å². The lowest BCUT2D eigenvalue weighted by molar-refractivity contribution is 0.603. The molecule has 1 unspecified atom stereocenters. The van der Waals surface area contributed by atoms with E-state index in [1.165, 1.54) is 0 Å². The second kappa shape index (κ2) is 3.10. The van der Waals surface area contributed by atoms with Crippen molar-refractivity contribution in [1.82, 2.24) is 24.9 Å². The molecule has 1 N–H and O–H groups in total. The van der Waals surface area contributed by atoms with E-state index in [0.717, 1.165) is 5.82 Å². The zero-order chi connectivity index (χ0) is 9.26. The van der Waals surface area contributed by atoms with Gasteiger partial charge in [0.25, 0.3) is 5.78 Å². The third-order valence-electron chi connectivity index (χ3n) is 2.04. The maximum absolute atomic E-state index is 4.08. The average Bonchev–Trinajstić information content (AvgIpc) is 2.60. The van der Waals surface area contributed by atoms with Crippen molar-refractivity contribution < 1.29 is 0 Å². The van der Waals surface area contributed by atoms with Gasteiger partial charge in [-0.15, -0.1) is 10.2 Å². The van der Waals surface area contributed by atoms with Gasteiger partial charge in [0, 0.05) is 12.4 Å². The van der Waals surface area contributed by atoms with Crippen molar-refractivity contribution in [2.75, 3.05) is 7.05 Å². The van der Waals surface area contributed by atoms with Crippen molar-refractivity contribution >= 4 is 5.78 Å². The van der Waals surface area contributed by atoms with Gasteiger partial charge in [0.2, 0.25) is 0 Å². The molecule has 2 aromatic heterocycles. The third kappa shape index (κ3) is 1.27. The molecule has 0 aliphatic carbocycles. The minimum atomic E-state index is 0.180. The SMILES string of the molecule is CNC(C)c1nnc2ncccn12. The van der Waals surface area contributed by atoms with Crippen molar-refractivity contribution in [1.29, 1.82) is 0 Å². The van der Waals surface area contributed by atoms with Crippen LogP contribution in [0.15, 0.2) is 18.5 Å². The van der Waals surface area contributed by atoms with Gasteiger partial charge in [-0.2, -0.15) is 0 Å². The van der Waals surface area contributed by atoms with E-state index < -0.39 is 0 Å². The van der Waals surface area contributed by atoms with E-state index in [9.17, 15) is 0 Å². The highest BCUT2D eigenvalue weighted by atomic mass is 15.3. The summed E-state index contributed by atoms with van der Waals surface area (Å²) < 4.78 is 1.88. The predicted octanol–water partition coefficient (Wildman–Crippen LogP) is 0.405. The van der Waals surface area contributed by atoms with Crippen LogP contribution in [0.1, 0.15) is 18.8 Å². The summed E-state index contributed by atoms with van der Waals surface area (Å²) in [5, 5.41) is 11.1. The monoisotopic (exact) mass is 177 g/mol. The van der Waals surface area contributed by atoms with Crippen LogP contribution < -0.4 is 5.32 Å². The molecular weight excluding hydrogens is 166 g/mol. The van der Waals surface area contributed by atoms with Crippen LogP contribution in [-0.4, -0.2) is 26.6 Å². The smallest absolute Gasteiger partial charge is 0.254 e. The Kier molecular flexibility index (Phi) is 1.94. The Morgan fingerprint density at radius 1 is 1.46 bits per heavy atom. The summed E-state index contributed by atoms with van der Waals surface area (Å²) in [4.78, 5) is 4.08. The van der Waals surface area contributed by atoms with Crippen molar-refractivity contribution in [3.8, 4) is 0 Å². The molecule has 2 rings (SSSR count). The molecule has 0 amide bonds.